The largest absolute Gasteiger partial charge is 0.397 e. The van der Waals surface area contributed by atoms with Crippen molar-refractivity contribution < 1.29 is 9.59 Å². The van der Waals surface area contributed by atoms with Crippen LogP contribution in [0.2, 0.25) is 0 Å². The molecule has 96 valence electrons. The van der Waals surface area contributed by atoms with Gasteiger partial charge in [0.15, 0.2) is 0 Å². The summed E-state index contributed by atoms with van der Waals surface area (Å²) in [5, 5.41) is 5.77. The quantitative estimate of drug-likeness (QED) is 0.567. The minimum absolute atomic E-state index is 0.0834. The molecule has 0 bridgehead atoms. The van der Waals surface area contributed by atoms with E-state index in [1.165, 1.54) is 0 Å². The molecule has 0 aromatic heterocycles. The fraction of sp³-hybridized carbons (Fsp3) is 0.333. The zero-order chi connectivity index (χ0) is 13.1. The molecule has 6 nitrogen and oxygen atoms in total. The number of nitrogens with one attached hydrogen (secondary N) is 2. The molecule has 1 heterocycles. The van der Waals surface area contributed by atoms with E-state index in [9.17, 15) is 9.59 Å². The first-order chi connectivity index (χ1) is 8.59. The number of anilines is 2. The van der Waals surface area contributed by atoms with Crippen LogP contribution in [0.5, 0.6) is 0 Å². The molecule has 1 aromatic carbocycles. The van der Waals surface area contributed by atoms with Gasteiger partial charge in [-0.2, -0.15) is 0 Å². The number of nitrogens with two attached hydrogens (primary N) is 2. The van der Waals surface area contributed by atoms with Gasteiger partial charge in [0.05, 0.1) is 16.9 Å². The number of rotatable bonds is 3. The topological polar surface area (TPSA) is 110 Å². The molecule has 1 fully saturated rings. The van der Waals surface area contributed by atoms with E-state index < -0.39 is 5.91 Å². The summed E-state index contributed by atoms with van der Waals surface area (Å²) < 4.78 is 0. The Hall–Kier alpha value is -2.24. The van der Waals surface area contributed by atoms with Crippen molar-refractivity contribution in [1.29, 1.82) is 0 Å². The molecule has 1 atom stereocenters. The summed E-state index contributed by atoms with van der Waals surface area (Å²) in [5.74, 6) is -0.652. The van der Waals surface area contributed by atoms with Crippen LogP contribution in [-0.2, 0) is 4.79 Å². The molecule has 6 N–H and O–H groups in total. The Labute approximate surface area is 105 Å². The first-order valence-electron chi connectivity index (χ1n) is 5.82. The van der Waals surface area contributed by atoms with E-state index in [0.29, 0.717) is 29.9 Å². The summed E-state index contributed by atoms with van der Waals surface area (Å²) >= 11 is 0. The van der Waals surface area contributed by atoms with E-state index in [4.69, 9.17) is 11.5 Å². The number of hydrogen-bond acceptors (Lipinski definition) is 4. The minimum atomic E-state index is -0.569. The molecule has 1 unspecified atom stereocenters. The molecule has 0 radical (unpaired) electrons. The Bertz CT molecular complexity index is 487. The maximum atomic E-state index is 11.7. The Morgan fingerprint density at radius 2 is 2.22 bits per heavy atom. The minimum Gasteiger partial charge on any atom is -0.397 e. The SMILES string of the molecule is NC(=O)c1cccc(N)c1NC1CCCNC1=O. The van der Waals surface area contributed by atoms with Crippen molar-refractivity contribution in [2.24, 2.45) is 5.73 Å². The van der Waals surface area contributed by atoms with Gasteiger partial charge in [0.25, 0.3) is 5.91 Å². The fourth-order valence-electron chi connectivity index (χ4n) is 2.02. The van der Waals surface area contributed by atoms with Crippen LogP contribution in [-0.4, -0.2) is 24.4 Å². The van der Waals surface area contributed by atoms with Crippen LogP contribution in [0.15, 0.2) is 18.2 Å². The summed E-state index contributed by atoms with van der Waals surface area (Å²) in [6.45, 7) is 0.684. The average Bonchev–Trinajstić information content (AvgIpc) is 2.34. The number of hydrogen-bond donors (Lipinski definition) is 4. The molecule has 2 rings (SSSR count). The monoisotopic (exact) mass is 248 g/mol. The number of carbonyl (C=O) groups excluding carboxylic acids is 2. The number of piperidine rings is 1. The number of carbonyl (C=O) groups is 2. The van der Waals surface area contributed by atoms with Crippen LogP contribution < -0.4 is 22.1 Å². The first-order valence-corrected chi connectivity index (χ1v) is 5.82. The fourth-order valence-corrected chi connectivity index (χ4v) is 2.02. The van der Waals surface area contributed by atoms with Gasteiger partial charge in [0, 0.05) is 6.54 Å². The molecule has 1 aromatic rings. The molecule has 18 heavy (non-hydrogen) atoms. The number of para-hydroxylation sites is 1. The molecule has 0 aliphatic carbocycles. The maximum Gasteiger partial charge on any atom is 0.250 e. The Morgan fingerprint density at radius 1 is 1.44 bits per heavy atom. The summed E-state index contributed by atoms with van der Waals surface area (Å²) in [6, 6.07) is 4.53. The van der Waals surface area contributed by atoms with Crippen molar-refractivity contribution in [2.75, 3.05) is 17.6 Å². The highest BCUT2D eigenvalue weighted by atomic mass is 16.2. The van der Waals surface area contributed by atoms with Gasteiger partial charge in [-0.3, -0.25) is 9.59 Å². The molecular weight excluding hydrogens is 232 g/mol. The lowest BCUT2D eigenvalue weighted by atomic mass is 10.0. The number of nitrogen functional groups attached to an aromatic ring is 1. The molecule has 1 aliphatic rings. The van der Waals surface area contributed by atoms with Crippen molar-refractivity contribution in [2.45, 2.75) is 18.9 Å². The third-order valence-electron chi connectivity index (χ3n) is 2.97. The maximum absolute atomic E-state index is 11.7. The van der Waals surface area contributed by atoms with E-state index in [2.05, 4.69) is 10.6 Å². The molecule has 6 heteroatoms. The van der Waals surface area contributed by atoms with Crippen LogP contribution in [0.4, 0.5) is 11.4 Å². The lowest BCUT2D eigenvalue weighted by Crippen LogP contribution is -2.44. The van der Waals surface area contributed by atoms with Gasteiger partial charge in [0.1, 0.15) is 6.04 Å². The second kappa shape index (κ2) is 4.95. The predicted molar refractivity (Wildman–Crippen MR) is 69.0 cm³/mol. The van der Waals surface area contributed by atoms with Crippen LogP contribution >= 0.6 is 0 Å². The summed E-state index contributed by atoms with van der Waals surface area (Å²) in [7, 11) is 0. The Balaban J connectivity index is 2.27. The van der Waals surface area contributed by atoms with Crippen molar-refractivity contribution in [3.8, 4) is 0 Å². The lowest BCUT2D eigenvalue weighted by Gasteiger charge is -2.25. The normalized spacial score (nSPS) is 19.1. The predicted octanol–water partition coefficient (Wildman–Crippen LogP) is 0.0582. The third kappa shape index (κ3) is 2.37. The van der Waals surface area contributed by atoms with Gasteiger partial charge < -0.3 is 22.1 Å². The zero-order valence-electron chi connectivity index (χ0n) is 9.90. The van der Waals surface area contributed by atoms with E-state index in [-0.39, 0.29) is 11.9 Å². The van der Waals surface area contributed by atoms with Crippen molar-refractivity contribution in [1.82, 2.24) is 5.32 Å². The van der Waals surface area contributed by atoms with Gasteiger partial charge in [-0.05, 0) is 25.0 Å². The zero-order valence-corrected chi connectivity index (χ0v) is 9.90. The second-order valence-electron chi connectivity index (χ2n) is 4.26. The summed E-state index contributed by atoms with van der Waals surface area (Å²) in [6.07, 6.45) is 1.60. The van der Waals surface area contributed by atoms with E-state index >= 15 is 0 Å². The third-order valence-corrected chi connectivity index (χ3v) is 2.97. The first kappa shape index (κ1) is 12.2. The lowest BCUT2D eigenvalue weighted by molar-refractivity contribution is -0.123. The van der Waals surface area contributed by atoms with E-state index in [1.807, 2.05) is 0 Å². The highest BCUT2D eigenvalue weighted by molar-refractivity contribution is 6.02. The van der Waals surface area contributed by atoms with Crippen molar-refractivity contribution in [3.05, 3.63) is 23.8 Å². The van der Waals surface area contributed by atoms with Gasteiger partial charge >= 0.3 is 0 Å². The molecule has 2 amide bonds. The number of benzene rings is 1. The van der Waals surface area contributed by atoms with Crippen molar-refractivity contribution in [3.63, 3.8) is 0 Å². The van der Waals surface area contributed by atoms with Crippen LogP contribution in [0, 0.1) is 0 Å². The number of amides is 2. The average molecular weight is 248 g/mol. The van der Waals surface area contributed by atoms with Gasteiger partial charge in [-0.1, -0.05) is 6.07 Å². The highest BCUT2D eigenvalue weighted by Crippen LogP contribution is 2.25. The van der Waals surface area contributed by atoms with Crippen molar-refractivity contribution >= 4 is 23.2 Å². The smallest absolute Gasteiger partial charge is 0.250 e. The molecule has 1 aliphatic heterocycles. The highest BCUT2D eigenvalue weighted by Gasteiger charge is 2.23. The summed E-state index contributed by atoms with van der Waals surface area (Å²) in [4.78, 5) is 23.0. The molecular formula is C12H16N4O2. The standard InChI is InChI=1S/C12H16N4O2/c13-8-4-1-3-7(11(14)17)10(8)16-9-5-2-6-15-12(9)18/h1,3-4,9,16H,2,5-6,13H2,(H2,14,17)(H,15,18). The van der Waals surface area contributed by atoms with E-state index in [1.54, 1.807) is 18.2 Å². The van der Waals surface area contributed by atoms with Gasteiger partial charge in [0.2, 0.25) is 5.91 Å². The van der Waals surface area contributed by atoms with Gasteiger partial charge in [-0.25, -0.2) is 0 Å². The Morgan fingerprint density at radius 3 is 2.89 bits per heavy atom. The van der Waals surface area contributed by atoms with E-state index in [0.717, 1.165) is 6.42 Å². The second-order valence-corrected chi connectivity index (χ2v) is 4.26. The molecule has 1 saturated heterocycles. The Kier molecular flexibility index (Phi) is 3.36. The van der Waals surface area contributed by atoms with Crippen LogP contribution in [0.3, 0.4) is 0 Å². The number of primary amides is 1. The van der Waals surface area contributed by atoms with Crippen LogP contribution in [0.1, 0.15) is 23.2 Å². The van der Waals surface area contributed by atoms with Gasteiger partial charge in [-0.15, -0.1) is 0 Å². The molecule has 0 saturated carbocycles. The van der Waals surface area contributed by atoms with Crippen LogP contribution in [0.25, 0.3) is 0 Å². The molecule has 0 spiro atoms. The summed E-state index contributed by atoms with van der Waals surface area (Å²) in [5.41, 5.74) is 12.3.